The predicted octanol–water partition coefficient (Wildman–Crippen LogP) is 4.41. The molecule has 1 fully saturated rings. The molecule has 0 aromatic heterocycles. The highest BCUT2D eigenvalue weighted by Crippen LogP contribution is 2.45. The van der Waals surface area contributed by atoms with Gasteiger partial charge in [0, 0.05) is 19.5 Å². The molecule has 0 spiro atoms. The van der Waals surface area contributed by atoms with Crippen LogP contribution in [0.25, 0.3) is 0 Å². The van der Waals surface area contributed by atoms with Crippen LogP contribution >= 0.6 is 0 Å². The van der Waals surface area contributed by atoms with Crippen molar-refractivity contribution < 1.29 is 9.26 Å². The molecule has 0 aromatic carbocycles. The molecule has 114 valence electrons. The maximum Gasteiger partial charge on any atom is 0.195 e. The van der Waals surface area contributed by atoms with E-state index in [0.29, 0.717) is 6.04 Å². The van der Waals surface area contributed by atoms with Gasteiger partial charge in [-0.2, -0.15) is 5.06 Å². The van der Waals surface area contributed by atoms with Crippen molar-refractivity contribution in [1.29, 1.82) is 0 Å². The van der Waals surface area contributed by atoms with Crippen LogP contribution in [-0.4, -0.2) is 32.3 Å². The molecule has 3 nitrogen and oxygen atoms in total. The normalized spacial score (nSPS) is 30.9. The lowest BCUT2D eigenvalue weighted by Crippen LogP contribution is -2.48. The van der Waals surface area contributed by atoms with Crippen LogP contribution in [0.3, 0.4) is 0 Å². The number of hydrogen-bond donors (Lipinski definition) is 0. The van der Waals surface area contributed by atoms with Gasteiger partial charge in [0.05, 0.1) is 0 Å². The Hall–Kier alpha value is 0.0969. The molecule has 0 aliphatic carbocycles. The van der Waals surface area contributed by atoms with E-state index >= 15 is 0 Å². The summed E-state index contributed by atoms with van der Waals surface area (Å²) in [6, 6.07) is 0.391. The van der Waals surface area contributed by atoms with Crippen LogP contribution in [0.15, 0.2) is 0 Å². The van der Waals surface area contributed by atoms with Crippen LogP contribution in [0, 0.1) is 5.41 Å². The average Bonchev–Trinajstić information content (AvgIpc) is 2.37. The largest absolute Gasteiger partial charge is 0.389 e. The zero-order valence-corrected chi connectivity index (χ0v) is 15.5. The van der Waals surface area contributed by atoms with Crippen LogP contribution in [0.2, 0.25) is 18.1 Å². The zero-order chi connectivity index (χ0) is 15.3. The minimum atomic E-state index is -1.81. The van der Waals surface area contributed by atoms with Crippen molar-refractivity contribution in [3.05, 3.63) is 0 Å². The van der Waals surface area contributed by atoms with Gasteiger partial charge >= 0.3 is 0 Å². The smallest absolute Gasteiger partial charge is 0.195 e. The Kier molecular flexibility index (Phi) is 4.36. The molecule has 2 atom stereocenters. The lowest BCUT2D eigenvalue weighted by Gasteiger charge is -2.41. The lowest BCUT2D eigenvalue weighted by molar-refractivity contribution is -0.263. The van der Waals surface area contributed by atoms with Crippen molar-refractivity contribution in [3.8, 4) is 0 Å². The van der Waals surface area contributed by atoms with Gasteiger partial charge in [-0.3, -0.25) is 4.84 Å². The number of hydroxylamine groups is 2. The number of rotatable bonds is 2. The number of hydrogen-bond acceptors (Lipinski definition) is 3. The highest BCUT2D eigenvalue weighted by Gasteiger charge is 2.51. The molecule has 0 bridgehead atoms. The summed E-state index contributed by atoms with van der Waals surface area (Å²) in [5.41, 5.74) is 0.198. The Bertz CT molecular complexity index is 330. The summed E-state index contributed by atoms with van der Waals surface area (Å²) in [7, 11) is 0.212. The zero-order valence-electron chi connectivity index (χ0n) is 14.5. The van der Waals surface area contributed by atoms with E-state index in [1.165, 1.54) is 0 Å². The van der Waals surface area contributed by atoms with Crippen LogP contribution in [0.1, 0.15) is 54.9 Å². The quantitative estimate of drug-likeness (QED) is 0.702. The average molecular weight is 288 g/mol. The molecule has 0 N–H and O–H groups in total. The van der Waals surface area contributed by atoms with E-state index in [-0.39, 0.29) is 10.5 Å². The van der Waals surface area contributed by atoms with Crippen molar-refractivity contribution in [1.82, 2.24) is 5.06 Å². The first kappa shape index (κ1) is 17.1. The molecule has 1 heterocycles. The van der Waals surface area contributed by atoms with Crippen LogP contribution < -0.4 is 0 Å². The van der Waals surface area contributed by atoms with Crippen LogP contribution in [0.4, 0.5) is 0 Å². The summed E-state index contributed by atoms with van der Waals surface area (Å²) < 4.78 is 6.52. The van der Waals surface area contributed by atoms with Gasteiger partial charge in [-0.1, -0.05) is 41.5 Å². The van der Waals surface area contributed by atoms with E-state index in [1.54, 1.807) is 0 Å². The van der Waals surface area contributed by atoms with Crippen molar-refractivity contribution in [2.24, 2.45) is 5.41 Å². The minimum Gasteiger partial charge on any atom is -0.389 e. The second-order valence-electron chi connectivity index (χ2n) is 8.72. The van der Waals surface area contributed by atoms with E-state index in [2.05, 4.69) is 61.6 Å². The highest BCUT2D eigenvalue weighted by molar-refractivity contribution is 6.74. The predicted molar refractivity (Wildman–Crippen MR) is 83.4 cm³/mol. The Balaban J connectivity index is 2.86. The molecular weight excluding hydrogens is 254 g/mol. The maximum absolute atomic E-state index is 6.52. The fourth-order valence-corrected chi connectivity index (χ4v) is 4.00. The molecule has 0 amide bonds. The molecule has 1 aliphatic rings. The molecule has 19 heavy (non-hydrogen) atoms. The Morgan fingerprint density at radius 3 is 1.95 bits per heavy atom. The van der Waals surface area contributed by atoms with Crippen molar-refractivity contribution >= 4 is 8.32 Å². The van der Waals surface area contributed by atoms with Gasteiger partial charge in [-0.05, 0) is 30.5 Å². The standard InChI is InChI=1S/C15H33NO2Si/c1-13(2,3)12-11-15(7,17-16(12)8)18-19(9,10)14(4,5)6/h12H,11H2,1-10H3/t12-,15+/m0/s1. The van der Waals surface area contributed by atoms with E-state index in [0.717, 1.165) is 6.42 Å². The van der Waals surface area contributed by atoms with Gasteiger partial charge in [0.2, 0.25) is 0 Å². The lowest BCUT2D eigenvalue weighted by atomic mass is 9.84. The van der Waals surface area contributed by atoms with E-state index in [9.17, 15) is 0 Å². The Morgan fingerprint density at radius 2 is 1.63 bits per heavy atom. The molecule has 0 unspecified atom stereocenters. The third-order valence-electron chi connectivity index (χ3n) is 4.62. The summed E-state index contributed by atoms with van der Waals surface area (Å²) in [5.74, 6) is -0.476. The van der Waals surface area contributed by atoms with Gasteiger partial charge in [0.25, 0.3) is 0 Å². The SMILES string of the molecule is CN1O[C@](C)(O[Si](C)(C)C(C)(C)C)C[C@H]1C(C)(C)C. The minimum absolute atomic E-state index is 0.198. The molecule has 1 rings (SSSR count). The first-order chi connectivity index (χ1) is 8.18. The molecule has 0 radical (unpaired) electrons. The van der Waals surface area contributed by atoms with Crippen molar-refractivity contribution in [2.45, 2.75) is 84.8 Å². The van der Waals surface area contributed by atoms with Gasteiger partial charge in [0.15, 0.2) is 14.1 Å². The van der Waals surface area contributed by atoms with E-state index in [4.69, 9.17) is 9.26 Å². The summed E-state index contributed by atoms with van der Waals surface area (Å²) in [6.45, 7) is 20.2. The van der Waals surface area contributed by atoms with Crippen LogP contribution in [-0.2, 0) is 9.26 Å². The second kappa shape index (κ2) is 4.83. The first-order valence-electron chi connectivity index (χ1n) is 7.30. The summed E-state index contributed by atoms with van der Waals surface area (Å²) in [6.07, 6.45) is 0.930. The molecule has 1 aliphatic heterocycles. The third kappa shape index (κ3) is 3.81. The van der Waals surface area contributed by atoms with Crippen molar-refractivity contribution in [3.63, 3.8) is 0 Å². The van der Waals surface area contributed by atoms with Gasteiger partial charge in [-0.15, -0.1) is 0 Å². The fraction of sp³-hybridized carbons (Fsp3) is 1.00. The van der Waals surface area contributed by atoms with Gasteiger partial charge in [0.1, 0.15) is 0 Å². The molecule has 1 saturated heterocycles. The van der Waals surface area contributed by atoms with E-state index in [1.807, 2.05) is 12.1 Å². The Labute approximate surface area is 120 Å². The number of nitrogens with zero attached hydrogens (tertiary/aromatic N) is 1. The molecular formula is C15H33NO2Si. The molecule has 4 heteroatoms. The first-order valence-corrected chi connectivity index (χ1v) is 10.2. The van der Waals surface area contributed by atoms with Crippen LogP contribution in [0.5, 0.6) is 0 Å². The Morgan fingerprint density at radius 1 is 1.16 bits per heavy atom. The summed E-state index contributed by atoms with van der Waals surface area (Å²) in [5, 5.41) is 2.20. The summed E-state index contributed by atoms with van der Waals surface area (Å²) in [4.78, 5) is 6.06. The topological polar surface area (TPSA) is 21.7 Å². The molecule has 0 aromatic rings. The molecule has 0 saturated carbocycles. The highest BCUT2D eigenvalue weighted by atomic mass is 28.4. The maximum atomic E-state index is 6.52. The summed E-state index contributed by atoms with van der Waals surface area (Å²) >= 11 is 0. The van der Waals surface area contributed by atoms with Gasteiger partial charge < -0.3 is 4.43 Å². The third-order valence-corrected chi connectivity index (χ3v) is 9.17. The van der Waals surface area contributed by atoms with E-state index < -0.39 is 14.1 Å². The fourth-order valence-electron chi connectivity index (χ4n) is 2.49. The second-order valence-corrected chi connectivity index (χ2v) is 13.4. The monoisotopic (exact) mass is 287 g/mol. The van der Waals surface area contributed by atoms with Crippen molar-refractivity contribution in [2.75, 3.05) is 7.05 Å². The van der Waals surface area contributed by atoms with Gasteiger partial charge in [-0.25, -0.2) is 0 Å².